The van der Waals surface area contributed by atoms with Crippen LogP contribution in [0.4, 0.5) is 0 Å². The van der Waals surface area contributed by atoms with Crippen LogP contribution in [0.3, 0.4) is 0 Å². The Labute approximate surface area is 108 Å². The minimum absolute atomic E-state index is 0.108. The molecule has 5 nitrogen and oxygen atoms in total. The van der Waals surface area contributed by atoms with Crippen molar-refractivity contribution in [1.82, 2.24) is 9.78 Å². The van der Waals surface area contributed by atoms with Gasteiger partial charge in [-0.1, -0.05) is 18.2 Å². The lowest BCUT2D eigenvalue weighted by atomic mass is 10.2. The van der Waals surface area contributed by atoms with Crippen molar-refractivity contribution in [3.8, 4) is 6.07 Å². The Morgan fingerprint density at radius 2 is 2.33 bits per heavy atom. The van der Waals surface area contributed by atoms with Crippen molar-refractivity contribution in [3.63, 3.8) is 0 Å². The maximum atomic E-state index is 10.6. The minimum atomic E-state index is -0.930. The Morgan fingerprint density at radius 1 is 1.61 bits per heavy atom. The number of carboxylic acids is 1. The molecule has 2 rings (SSSR count). The number of aliphatic carboxylic acids is 1. The van der Waals surface area contributed by atoms with Crippen LogP contribution in [0, 0.1) is 11.3 Å². The monoisotopic (exact) mass is 261 g/mol. The predicted octanol–water partition coefficient (Wildman–Crippen LogP) is 1.96. The molecule has 0 radical (unpaired) electrons. The fourth-order valence-corrected chi connectivity index (χ4v) is 2.48. The van der Waals surface area contributed by atoms with Crippen molar-refractivity contribution in [2.24, 2.45) is 7.05 Å². The zero-order chi connectivity index (χ0) is 13.1. The molecule has 1 atom stereocenters. The number of rotatable bonds is 4. The smallest absolute Gasteiger partial charge is 0.313 e. The number of thioether (sulfide) groups is 1. The Bertz CT molecular complexity index is 630. The van der Waals surface area contributed by atoms with Gasteiger partial charge in [-0.05, 0) is 6.07 Å². The van der Waals surface area contributed by atoms with Gasteiger partial charge < -0.3 is 5.11 Å². The van der Waals surface area contributed by atoms with E-state index in [-0.39, 0.29) is 5.75 Å². The molecule has 0 saturated carbocycles. The minimum Gasteiger partial charge on any atom is -0.481 e. The molecule has 0 aliphatic carbocycles. The van der Waals surface area contributed by atoms with Gasteiger partial charge in [0, 0.05) is 12.4 Å². The van der Waals surface area contributed by atoms with Crippen molar-refractivity contribution in [1.29, 1.82) is 5.26 Å². The second-order valence-electron chi connectivity index (χ2n) is 3.74. The molecule has 0 saturated heterocycles. The van der Waals surface area contributed by atoms with E-state index >= 15 is 0 Å². The van der Waals surface area contributed by atoms with Crippen LogP contribution in [-0.2, 0) is 11.8 Å². The summed E-state index contributed by atoms with van der Waals surface area (Å²) in [5.41, 5.74) is 1.56. The highest BCUT2D eigenvalue weighted by Gasteiger charge is 2.19. The Hall–Kier alpha value is -2.00. The van der Waals surface area contributed by atoms with Crippen LogP contribution in [0.1, 0.15) is 10.9 Å². The van der Waals surface area contributed by atoms with Gasteiger partial charge in [0.1, 0.15) is 5.25 Å². The summed E-state index contributed by atoms with van der Waals surface area (Å²) in [6.07, 6.45) is 0. The molecule has 18 heavy (non-hydrogen) atoms. The van der Waals surface area contributed by atoms with E-state index < -0.39 is 11.2 Å². The summed E-state index contributed by atoms with van der Waals surface area (Å²) >= 11 is 1.07. The molecule has 1 unspecified atom stereocenters. The summed E-state index contributed by atoms with van der Waals surface area (Å²) in [5.74, 6) is -1.04. The highest BCUT2D eigenvalue weighted by molar-refractivity contribution is 8.00. The number of nitriles is 1. The highest BCUT2D eigenvalue weighted by atomic mass is 32.2. The summed E-state index contributed by atoms with van der Waals surface area (Å²) in [6.45, 7) is 0. The van der Waals surface area contributed by atoms with Crippen molar-refractivity contribution in [2.45, 2.75) is 5.25 Å². The molecule has 1 aromatic carbocycles. The van der Waals surface area contributed by atoms with Gasteiger partial charge in [0.25, 0.3) is 0 Å². The molecule has 0 aliphatic rings. The molecular formula is C12H11N3O2S. The number of aromatic nitrogens is 2. The van der Waals surface area contributed by atoms with Gasteiger partial charge in [0.2, 0.25) is 0 Å². The third-order valence-electron chi connectivity index (χ3n) is 2.53. The van der Waals surface area contributed by atoms with Gasteiger partial charge in [-0.3, -0.25) is 9.48 Å². The van der Waals surface area contributed by atoms with E-state index in [1.807, 2.05) is 31.3 Å². The topological polar surface area (TPSA) is 78.9 Å². The van der Waals surface area contributed by atoms with E-state index in [4.69, 9.17) is 10.4 Å². The molecule has 2 aromatic rings. The van der Waals surface area contributed by atoms with Crippen LogP contribution in [-0.4, -0.2) is 26.6 Å². The van der Waals surface area contributed by atoms with Gasteiger partial charge >= 0.3 is 5.97 Å². The number of nitrogens with zero attached hydrogens (tertiary/aromatic N) is 3. The van der Waals surface area contributed by atoms with Gasteiger partial charge in [-0.2, -0.15) is 10.4 Å². The molecule has 92 valence electrons. The summed E-state index contributed by atoms with van der Waals surface area (Å²) in [5, 5.41) is 22.5. The SMILES string of the molecule is Cn1nc(C(C#N)SCC(=O)O)c2ccccc21. The number of aryl methyl sites for hydroxylation is 1. The lowest BCUT2D eigenvalue weighted by Crippen LogP contribution is -2.02. The van der Waals surface area contributed by atoms with Crippen LogP contribution in [0.25, 0.3) is 10.9 Å². The molecule has 1 aromatic heterocycles. The van der Waals surface area contributed by atoms with Crippen LogP contribution < -0.4 is 0 Å². The van der Waals surface area contributed by atoms with Crippen molar-refractivity contribution < 1.29 is 9.90 Å². The zero-order valence-corrected chi connectivity index (χ0v) is 10.5. The second-order valence-corrected chi connectivity index (χ2v) is 4.83. The zero-order valence-electron chi connectivity index (χ0n) is 9.70. The van der Waals surface area contributed by atoms with Gasteiger partial charge in [-0.15, -0.1) is 11.8 Å². The number of hydrogen-bond acceptors (Lipinski definition) is 4. The number of para-hydroxylation sites is 1. The Kier molecular flexibility index (Phi) is 3.53. The predicted molar refractivity (Wildman–Crippen MR) is 69.2 cm³/mol. The summed E-state index contributed by atoms with van der Waals surface area (Å²) in [6, 6.07) is 9.70. The number of carbonyl (C=O) groups is 1. The molecule has 0 bridgehead atoms. The van der Waals surface area contributed by atoms with Crippen LogP contribution in [0.15, 0.2) is 24.3 Å². The summed E-state index contributed by atoms with van der Waals surface area (Å²) < 4.78 is 1.70. The van der Waals surface area contributed by atoms with Gasteiger partial charge in [-0.25, -0.2) is 0 Å². The van der Waals surface area contributed by atoms with E-state index in [0.29, 0.717) is 5.69 Å². The fraction of sp³-hybridized carbons (Fsp3) is 0.250. The third-order valence-corrected chi connectivity index (χ3v) is 3.60. The summed E-state index contributed by atoms with van der Waals surface area (Å²) in [7, 11) is 1.81. The largest absolute Gasteiger partial charge is 0.481 e. The average Bonchev–Trinajstić information content (AvgIpc) is 2.68. The van der Waals surface area contributed by atoms with E-state index in [1.54, 1.807) is 4.68 Å². The van der Waals surface area contributed by atoms with E-state index in [9.17, 15) is 4.79 Å². The third kappa shape index (κ3) is 2.31. The van der Waals surface area contributed by atoms with Gasteiger partial charge in [0.15, 0.2) is 0 Å². The lowest BCUT2D eigenvalue weighted by molar-refractivity contribution is -0.133. The Morgan fingerprint density at radius 3 is 3.00 bits per heavy atom. The van der Waals surface area contributed by atoms with E-state index in [1.165, 1.54) is 0 Å². The van der Waals surface area contributed by atoms with Crippen molar-refractivity contribution in [2.75, 3.05) is 5.75 Å². The molecular weight excluding hydrogens is 250 g/mol. The highest BCUT2D eigenvalue weighted by Crippen LogP contribution is 2.32. The lowest BCUT2D eigenvalue weighted by Gasteiger charge is -2.03. The van der Waals surface area contributed by atoms with Crippen LogP contribution in [0.5, 0.6) is 0 Å². The van der Waals surface area contributed by atoms with E-state index in [2.05, 4.69) is 11.2 Å². The first-order chi connectivity index (χ1) is 8.63. The molecule has 0 aliphatic heterocycles. The second kappa shape index (κ2) is 5.10. The quantitative estimate of drug-likeness (QED) is 0.910. The maximum absolute atomic E-state index is 10.6. The standard InChI is InChI=1S/C12H11N3O2S/c1-15-9-5-3-2-4-8(9)12(14-15)10(6-13)18-7-11(16)17/h2-5,10H,7H2,1H3,(H,16,17). The average molecular weight is 261 g/mol. The molecule has 6 heteroatoms. The van der Waals surface area contributed by atoms with Crippen LogP contribution in [0.2, 0.25) is 0 Å². The molecule has 1 heterocycles. The number of benzene rings is 1. The summed E-state index contributed by atoms with van der Waals surface area (Å²) in [4.78, 5) is 10.6. The molecule has 1 N–H and O–H groups in total. The Balaban J connectivity index is 2.40. The maximum Gasteiger partial charge on any atom is 0.313 e. The fourth-order valence-electron chi connectivity index (χ4n) is 1.77. The molecule has 0 amide bonds. The van der Waals surface area contributed by atoms with Crippen molar-refractivity contribution in [3.05, 3.63) is 30.0 Å². The number of carboxylic acid groups (broad SMARTS) is 1. The van der Waals surface area contributed by atoms with Gasteiger partial charge in [0.05, 0.1) is 23.0 Å². The first-order valence-electron chi connectivity index (χ1n) is 5.28. The first kappa shape index (κ1) is 12.5. The number of fused-ring (bicyclic) bond motifs is 1. The molecule has 0 fully saturated rings. The van der Waals surface area contributed by atoms with Crippen molar-refractivity contribution >= 4 is 28.6 Å². The van der Waals surface area contributed by atoms with Crippen LogP contribution >= 0.6 is 11.8 Å². The van der Waals surface area contributed by atoms with E-state index in [0.717, 1.165) is 22.7 Å². The number of hydrogen-bond donors (Lipinski definition) is 1. The first-order valence-corrected chi connectivity index (χ1v) is 6.33. The normalized spacial score (nSPS) is 12.2. The molecule has 0 spiro atoms.